The molecule has 0 bridgehead atoms. The predicted octanol–water partition coefficient (Wildman–Crippen LogP) is 0.487. The van der Waals surface area contributed by atoms with E-state index in [2.05, 4.69) is 9.88 Å². The third kappa shape index (κ3) is 2.93. The normalized spacial score (nSPS) is 23.6. The van der Waals surface area contributed by atoms with Crippen LogP contribution in [0.15, 0.2) is 9.42 Å². The first-order chi connectivity index (χ1) is 9.31. The molecule has 1 aliphatic carbocycles. The van der Waals surface area contributed by atoms with Crippen molar-refractivity contribution in [2.75, 3.05) is 5.73 Å². The van der Waals surface area contributed by atoms with E-state index in [0.717, 1.165) is 0 Å². The van der Waals surface area contributed by atoms with Crippen LogP contribution in [0.3, 0.4) is 0 Å². The standard InChI is InChI=1S/C11H17N3O5S/c1-6-9(10(12)13-19-6)20(17,18)14-8-4-2-7(3-5-8)11(15)16/h7-8,14H,2-5H2,1H3,(H2,12,13)(H,15,16). The van der Waals surface area contributed by atoms with E-state index in [0.29, 0.717) is 25.7 Å². The number of aliphatic carboxylic acids is 1. The van der Waals surface area contributed by atoms with Crippen LogP contribution in [0.2, 0.25) is 0 Å². The largest absolute Gasteiger partial charge is 0.481 e. The Balaban J connectivity index is 2.06. The van der Waals surface area contributed by atoms with Gasteiger partial charge in [0.15, 0.2) is 16.5 Å². The summed E-state index contributed by atoms with van der Waals surface area (Å²) in [6, 6.07) is -0.288. The smallest absolute Gasteiger partial charge is 0.306 e. The van der Waals surface area contributed by atoms with Gasteiger partial charge < -0.3 is 15.4 Å². The molecule has 8 nitrogen and oxygen atoms in total. The van der Waals surface area contributed by atoms with E-state index < -0.39 is 21.9 Å². The first-order valence-corrected chi connectivity index (χ1v) is 7.76. The lowest BCUT2D eigenvalue weighted by atomic mass is 9.87. The highest BCUT2D eigenvalue weighted by Gasteiger charge is 2.31. The lowest BCUT2D eigenvalue weighted by Crippen LogP contribution is -2.39. The molecule has 0 aromatic carbocycles. The second-order valence-electron chi connectivity index (χ2n) is 4.96. The van der Waals surface area contributed by atoms with Gasteiger partial charge in [-0.05, 0) is 32.6 Å². The molecule has 4 N–H and O–H groups in total. The zero-order valence-corrected chi connectivity index (χ0v) is 11.8. The van der Waals surface area contributed by atoms with E-state index in [1.54, 1.807) is 0 Å². The van der Waals surface area contributed by atoms with Crippen molar-refractivity contribution < 1.29 is 22.8 Å². The summed E-state index contributed by atoms with van der Waals surface area (Å²) < 4.78 is 31.7. The Hall–Kier alpha value is -1.61. The number of aryl methyl sites for hydroxylation is 1. The molecule has 0 aliphatic heterocycles. The Morgan fingerprint density at radius 2 is 2.00 bits per heavy atom. The van der Waals surface area contributed by atoms with Gasteiger partial charge in [0.1, 0.15) is 0 Å². The van der Waals surface area contributed by atoms with Crippen LogP contribution in [0.25, 0.3) is 0 Å². The number of anilines is 1. The third-order valence-corrected chi connectivity index (χ3v) is 5.18. The molecule has 112 valence electrons. The van der Waals surface area contributed by atoms with Gasteiger partial charge in [0, 0.05) is 6.04 Å². The maximum Gasteiger partial charge on any atom is 0.306 e. The van der Waals surface area contributed by atoms with E-state index in [1.807, 2.05) is 0 Å². The zero-order valence-electron chi connectivity index (χ0n) is 11.0. The number of nitrogen functional groups attached to an aromatic ring is 1. The van der Waals surface area contributed by atoms with Gasteiger partial charge in [0.2, 0.25) is 10.0 Å². The van der Waals surface area contributed by atoms with E-state index in [1.165, 1.54) is 6.92 Å². The van der Waals surface area contributed by atoms with Crippen LogP contribution in [0.4, 0.5) is 5.82 Å². The van der Waals surface area contributed by atoms with Crippen LogP contribution in [-0.4, -0.2) is 30.7 Å². The number of sulfonamides is 1. The number of nitrogens with two attached hydrogens (primary N) is 1. The summed E-state index contributed by atoms with van der Waals surface area (Å²) in [5.74, 6) is -1.26. The topological polar surface area (TPSA) is 136 Å². The van der Waals surface area contributed by atoms with Crippen LogP contribution in [0.5, 0.6) is 0 Å². The summed E-state index contributed by atoms with van der Waals surface area (Å²) in [6.07, 6.45) is 1.89. The average molecular weight is 303 g/mol. The average Bonchev–Trinajstić information content (AvgIpc) is 2.69. The fourth-order valence-electron chi connectivity index (χ4n) is 2.44. The van der Waals surface area contributed by atoms with Gasteiger partial charge in [-0.15, -0.1) is 0 Å². The number of carbonyl (C=O) groups is 1. The summed E-state index contributed by atoms with van der Waals surface area (Å²) in [7, 11) is -3.79. The van der Waals surface area contributed by atoms with Crippen molar-refractivity contribution in [1.29, 1.82) is 0 Å². The molecule has 0 amide bonds. The first-order valence-electron chi connectivity index (χ1n) is 6.28. The van der Waals surface area contributed by atoms with Gasteiger partial charge in [-0.3, -0.25) is 4.79 Å². The molecule has 0 atom stereocenters. The molecule has 0 unspecified atom stereocenters. The first kappa shape index (κ1) is 14.8. The van der Waals surface area contributed by atoms with Crippen molar-refractivity contribution in [1.82, 2.24) is 9.88 Å². The molecule has 20 heavy (non-hydrogen) atoms. The molecule has 1 aromatic rings. The van der Waals surface area contributed by atoms with E-state index in [-0.39, 0.29) is 22.5 Å². The monoisotopic (exact) mass is 303 g/mol. The molecule has 0 radical (unpaired) electrons. The minimum Gasteiger partial charge on any atom is -0.481 e. The highest BCUT2D eigenvalue weighted by atomic mass is 32.2. The molecule has 0 saturated heterocycles. The molecular weight excluding hydrogens is 286 g/mol. The van der Waals surface area contributed by atoms with Crippen molar-refractivity contribution >= 4 is 21.8 Å². The molecule has 1 aliphatic rings. The van der Waals surface area contributed by atoms with Crippen molar-refractivity contribution in [3.63, 3.8) is 0 Å². The molecule has 1 aromatic heterocycles. The van der Waals surface area contributed by atoms with Crippen molar-refractivity contribution in [2.45, 2.75) is 43.5 Å². The predicted molar refractivity (Wildman–Crippen MR) is 69.4 cm³/mol. The number of carboxylic acids is 1. The molecule has 1 fully saturated rings. The van der Waals surface area contributed by atoms with Crippen LogP contribution in [-0.2, 0) is 14.8 Å². The molecular formula is C11H17N3O5S. The van der Waals surface area contributed by atoms with Gasteiger partial charge in [-0.25, -0.2) is 13.1 Å². The van der Waals surface area contributed by atoms with Crippen molar-refractivity contribution in [2.24, 2.45) is 5.92 Å². The van der Waals surface area contributed by atoms with Gasteiger partial charge in [-0.2, -0.15) is 0 Å². The number of carboxylic acid groups (broad SMARTS) is 1. The van der Waals surface area contributed by atoms with Crippen LogP contribution < -0.4 is 10.5 Å². The minimum atomic E-state index is -3.79. The van der Waals surface area contributed by atoms with Crippen LogP contribution in [0.1, 0.15) is 31.4 Å². The SMILES string of the molecule is Cc1onc(N)c1S(=O)(=O)NC1CCC(C(=O)O)CC1. The second kappa shape index (κ2) is 5.41. The van der Waals surface area contributed by atoms with Gasteiger partial charge in [-0.1, -0.05) is 5.16 Å². The number of aromatic nitrogens is 1. The van der Waals surface area contributed by atoms with Crippen LogP contribution in [0, 0.1) is 12.8 Å². The number of nitrogens with one attached hydrogen (secondary N) is 1. The summed E-state index contributed by atoms with van der Waals surface area (Å²) in [5, 5.41) is 12.3. The van der Waals surface area contributed by atoms with Crippen molar-refractivity contribution in [3.05, 3.63) is 5.76 Å². The Kier molecular flexibility index (Phi) is 4.00. The molecule has 1 saturated carbocycles. The highest BCUT2D eigenvalue weighted by Crippen LogP contribution is 2.27. The number of nitrogens with zero attached hydrogens (tertiary/aromatic N) is 1. The molecule has 9 heteroatoms. The van der Waals surface area contributed by atoms with E-state index in [9.17, 15) is 13.2 Å². The van der Waals surface area contributed by atoms with E-state index in [4.69, 9.17) is 15.4 Å². The lowest BCUT2D eigenvalue weighted by molar-refractivity contribution is -0.142. The summed E-state index contributed by atoms with van der Waals surface area (Å²) >= 11 is 0. The third-order valence-electron chi connectivity index (χ3n) is 3.50. The maximum absolute atomic E-state index is 12.2. The molecule has 1 heterocycles. The Labute approximate surface area is 116 Å². The minimum absolute atomic E-state index is 0.134. The number of hydrogen-bond acceptors (Lipinski definition) is 6. The number of hydrogen-bond donors (Lipinski definition) is 3. The highest BCUT2D eigenvalue weighted by molar-refractivity contribution is 7.89. The Morgan fingerprint density at radius 1 is 1.40 bits per heavy atom. The number of rotatable bonds is 4. The Bertz CT molecular complexity index is 582. The van der Waals surface area contributed by atoms with Crippen LogP contribution >= 0.6 is 0 Å². The fourth-order valence-corrected chi connectivity index (χ4v) is 3.97. The Morgan fingerprint density at radius 3 is 2.45 bits per heavy atom. The fraction of sp³-hybridized carbons (Fsp3) is 0.636. The quantitative estimate of drug-likeness (QED) is 0.736. The summed E-state index contributed by atoms with van der Waals surface area (Å²) in [5.41, 5.74) is 5.49. The second-order valence-corrected chi connectivity index (χ2v) is 6.61. The van der Waals surface area contributed by atoms with Crippen molar-refractivity contribution in [3.8, 4) is 0 Å². The molecule has 2 rings (SSSR count). The van der Waals surface area contributed by atoms with Gasteiger partial charge in [0.05, 0.1) is 5.92 Å². The summed E-state index contributed by atoms with van der Waals surface area (Å²) in [4.78, 5) is 10.7. The zero-order chi connectivity index (χ0) is 14.9. The van der Waals surface area contributed by atoms with Gasteiger partial charge in [0.25, 0.3) is 0 Å². The maximum atomic E-state index is 12.2. The van der Waals surface area contributed by atoms with Gasteiger partial charge >= 0.3 is 5.97 Å². The lowest BCUT2D eigenvalue weighted by Gasteiger charge is -2.26. The summed E-state index contributed by atoms with van der Waals surface area (Å²) in [6.45, 7) is 1.47. The molecule has 0 spiro atoms. The van der Waals surface area contributed by atoms with E-state index >= 15 is 0 Å².